The van der Waals surface area contributed by atoms with Gasteiger partial charge in [-0.05, 0) is 68.8 Å². The third kappa shape index (κ3) is 4.84. The molecule has 2 saturated heterocycles. The summed E-state index contributed by atoms with van der Waals surface area (Å²) in [5, 5.41) is 13.3. The minimum Gasteiger partial charge on any atom is -0.396 e. The largest absolute Gasteiger partial charge is 0.396 e. The number of nitrogens with one attached hydrogen (secondary N) is 1. The Morgan fingerprint density at radius 2 is 2.04 bits per heavy atom. The summed E-state index contributed by atoms with van der Waals surface area (Å²) in [6.07, 6.45) is 5.21. The van der Waals surface area contributed by atoms with Gasteiger partial charge in [0, 0.05) is 37.8 Å². The molecular formula is C21H32N2O3. The van der Waals surface area contributed by atoms with Crippen molar-refractivity contribution in [2.75, 3.05) is 46.5 Å². The van der Waals surface area contributed by atoms with Crippen LogP contribution < -0.4 is 5.32 Å². The van der Waals surface area contributed by atoms with Crippen LogP contribution in [0.2, 0.25) is 0 Å². The minimum absolute atomic E-state index is 0.0233. The summed E-state index contributed by atoms with van der Waals surface area (Å²) in [6.45, 7) is 4.22. The average Bonchev–Trinajstić information content (AvgIpc) is 2.69. The van der Waals surface area contributed by atoms with Crippen molar-refractivity contribution >= 4 is 5.91 Å². The van der Waals surface area contributed by atoms with Gasteiger partial charge in [0.05, 0.1) is 6.61 Å². The first-order valence-electron chi connectivity index (χ1n) is 9.86. The van der Waals surface area contributed by atoms with Crippen molar-refractivity contribution in [2.24, 2.45) is 11.3 Å². The molecule has 0 bridgehead atoms. The Hall–Kier alpha value is -1.43. The molecule has 0 aliphatic carbocycles. The Balaban J connectivity index is 1.58. The fraction of sp³-hybridized carbons (Fsp3) is 0.667. The number of hydrogen-bond donors (Lipinski definition) is 2. The molecule has 1 unspecified atom stereocenters. The van der Waals surface area contributed by atoms with Crippen LogP contribution >= 0.6 is 0 Å². The molecule has 26 heavy (non-hydrogen) atoms. The van der Waals surface area contributed by atoms with Gasteiger partial charge in [0.2, 0.25) is 0 Å². The molecule has 0 radical (unpaired) electrons. The fourth-order valence-electron chi connectivity index (χ4n) is 4.18. The van der Waals surface area contributed by atoms with E-state index < -0.39 is 0 Å². The highest BCUT2D eigenvalue weighted by Gasteiger charge is 2.34. The van der Waals surface area contributed by atoms with E-state index in [9.17, 15) is 9.90 Å². The Morgan fingerprint density at radius 3 is 2.65 bits per heavy atom. The van der Waals surface area contributed by atoms with Crippen molar-refractivity contribution in [1.82, 2.24) is 10.2 Å². The molecule has 1 amide bonds. The summed E-state index contributed by atoms with van der Waals surface area (Å²) in [5.41, 5.74) is 1.80. The van der Waals surface area contributed by atoms with Crippen LogP contribution in [0.5, 0.6) is 0 Å². The highest BCUT2D eigenvalue weighted by atomic mass is 16.5. The second kappa shape index (κ2) is 8.98. The monoisotopic (exact) mass is 360 g/mol. The molecular weight excluding hydrogens is 328 g/mol. The SMILES string of the molecule is CN(CC1(CO)CCOCC1)C(=O)c1ccc(CC2CCCNC2)cc1. The van der Waals surface area contributed by atoms with E-state index in [0.29, 0.717) is 25.7 Å². The van der Waals surface area contributed by atoms with Gasteiger partial charge in [-0.2, -0.15) is 0 Å². The number of rotatable bonds is 6. The molecule has 2 heterocycles. The average molecular weight is 360 g/mol. The molecule has 0 saturated carbocycles. The maximum Gasteiger partial charge on any atom is 0.253 e. The number of carbonyl (C=O) groups is 1. The number of amides is 1. The van der Waals surface area contributed by atoms with Crippen molar-refractivity contribution < 1.29 is 14.6 Å². The smallest absolute Gasteiger partial charge is 0.253 e. The Bertz CT molecular complexity index is 575. The molecule has 0 aromatic heterocycles. The van der Waals surface area contributed by atoms with Gasteiger partial charge in [-0.25, -0.2) is 0 Å². The third-order valence-corrected chi connectivity index (χ3v) is 5.93. The van der Waals surface area contributed by atoms with E-state index in [1.807, 2.05) is 19.2 Å². The molecule has 1 atom stereocenters. The van der Waals surface area contributed by atoms with Gasteiger partial charge >= 0.3 is 0 Å². The van der Waals surface area contributed by atoms with Crippen LogP contribution in [0.3, 0.4) is 0 Å². The lowest BCUT2D eigenvalue weighted by Gasteiger charge is -2.38. The second-order valence-electron chi connectivity index (χ2n) is 8.05. The maximum atomic E-state index is 12.8. The molecule has 2 N–H and O–H groups in total. The number of aliphatic hydroxyl groups is 1. The van der Waals surface area contributed by atoms with E-state index in [1.165, 1.54) is 18.4 Å². The van der Waals surface area contributed by atoms with Crippen LogP contribution in [-0.2, 0) is 11.2 Å². The van der Waals surface area contributed by atoms with Crippen LogP contribution in [0.15, 0.2) is 24.3 Å². The molecule has 5 nitrogen and oxygen atoms in total. The van der Waals surface area contributed by atoms with Crippen molar-refractivity contribution in [3.05, 3.63) is 35.4 Å². The molecule has 1 aromatic carbocycles. The molecule has 2 aliphatic rings. The molecule has 2 aliphatic heterocycles. The molecule has 3 rings (SSSR count). The zero-order valence-corrected chi connectivity index (χ0v) is 15.9. The summed E-state index contributed by atoms with van der Waals surface area (Å²) < 4.78 is 5.41. The topological polar surface area (TPSA) is 61.8 Å². The first kappa shape index (κ1) is 19.3. The summed E-state index contributed by atoms with van der Waals surface area (Å²) in [7, 11) is 1.83. The van der Waals surface area contributed by atoms with E-state index in [2.05, 4.69) is 17.4 Å². The standard InChI is InChI=1S/C21H32N2O3/c1-23(15-21(16-24)8-11-26-12-9-21)20(25)19-6-4-17(5-7-19)13-18-3-2-10-22-14-18/h4-7,18,22,24H,2-3,8-16H2,1H3. The lowest BCUT2D eigenvalue weighted by molar-refractivity contribution is -0.0282. The highest BCUT2D eigenvalue weighted by Crippen LogP contribution is 2.31. The van der Waals surface area contributed by atoms with Crippen LogP contribution in [0.1, 0.15) is 41.6 Å². The predicted molar refractivity (Wildman–Crippen MR) is 102 cm³/mol. The summed E-state index contributed by atoms with van der Waals surface area (Å²) in [6, 6.07) is 8.07. The van der Waals surface area contributed by atoms with Gasteiger partial charge in [-0.15, -0.1) is 0 Å². The molecule has 5 heteroatoms. The van der Waals surface area contributed by atoms with Gasteiger partial charge in [0.1, 0.15) is 0 Å². The van der Waals surface area contributed by atoms with Gasteiger partial charge in [-0.1, -0.05) is 12.1 Å². The van der Waals surface area contributed by atoms with Crippen molar-refractivity contribution in [3.63, 3.8) is 0 Å². The van der Waals surface area contributed by atoms with E-state index in [-0.39, 0.29) is 17.9 Å². The lowest BCUT2D eigenvalue weighted by Crippen LogP contribution is -2.44. The van der Waals surface area contributed by atoms with E-state index in [4.69, 9.17) is 4.74 Å². The summed E-state index contributed by atoms with van der Waals surface area (Å²) in [4.78, 5) is 14.5. The van der Waals surface area contributed by atoms with Crippen LogP contribution in [0.25, 0.3) is 0 Å². The Morgan fingerprint density at radius 1 is 1.31 bits per heavy atom. The summed E-state index contributed by atoms with van der Waals surface area (Å²) >= 11 is 0. The number of piperidine rings is 1. The van der Waals surface area contributed by atoms with Crippen LogP contribution in [-0.4, -0.2) is 62.4 Å². The van der Waals surface area contributed by atoms with Crippen molar-refractivity contribution in [1.29, 1.82) is 0 Å². The molecule has 1 aromatic rings. The lowest BCUT2D eigenvalue weighted by atomic mass is 9.80. The number of hydrogen-bond acceptors (Lipinski definition) is 4. The number of aliphatic hydroxyl groups excluding tert-OH is 1. The molecule has 0 spiro atoms. The molecule has 144 valence electrons. The van der Waals surface area contributed by atoms with E-state index in [0.717, 1.165) is 37.9 Å². The zero-order chi connectivity index (χ0) is 18.4. The van der Waals surface area contributed by atoms with E-state index >= 15 is 0 Å². The Kier molecular flexibility index (Phi) is 6.68. The quantitative estimate of drug-likeness (QED) is 0.815. The highest BCUT2D eigenvalue weighted by molar-refractivity contribution is 5.94. The summed E-state index contributed by atoms with van der Waals surface area (Å²) in [5.74, 6) is 0.723. The second-order valence-corrected chi connectivity index (χ2v) is 8.05. The third-order valence-electron chi connectivity index (χ3n) is 5.93. The first-order valence-corrected chi connectivity index (χ1v) is 9.86. The predicted octanol–water partition coefficient (Wildman–Crippen LogP) is 2.09. The molecule has 2 fully saturated rings. The van der Waals surface area contributed by atoms with E-state index in [1.54, 1.807) is 4.90 Å². The van der Waals surface area contributed by atoms with Gasteiger partial charge < -0.3 is 20.1 Å². The van der Waals surface area contributed by atoms with Crippen molar-refractivity contribution in [2.45, 2.75) is 32.1 Å². The number of benzene rings is 1. The van der Waals surface area contributed by atoms with Crippen LogP contribution in [0.4, 0.5) is 0 Å². The van der Waals surface area contributed by atoms with Crippen molar-refractivity contribution in [3.8, 4) is 0 Å². The van der Waals surface area contributed by atoms with Gasteiger partial charge in [-0.3, -0.25) is 4.79 Å². The Labute approximate surface area is 156 Å². The van der Waals surface area contributed by atoms with Gasteiger partial charge in [0.15, 0.2) is 0 Å². The minimum atomic E-state index is -0.226. The van der Waals surface area contributed by atoms with Gasteiger partial charge in [0.25, 0.3) is 5.91 Å². The number of nitrogens with zero attached hydrogens (tertiary/aromatic N) is 1. The van der Waals surface area contributed by atoms with Crippen LogP contribution in [0, 0.1) is 11.3 Å². The normalized spacial score (nSPS) is 22.8. The first-order chi connectivity index (χ1) is 12.6. The fourth-order valence-corrected chi connectivity index (χ4v) is 4.18. The number of carbonyl (C=O) groups excluding carboxylic acids is 1. The number of ether oxygens (including phenoxy) is 1. The maximum absolute atomic E-state index is 12.8. The zero-order valence-electron chi connectivity index (χ0n) is 15.9.